The Morgan fingerprint density at radius 3 is 2.43 bits per heavy atom. The number of thiazole rings is 1. The van der Waals surface area contributed by atoms with Gasteiger partial charge in [-0.25, -0.2) is 13.4 Å². The molecule has 1 aliphatic heterocycles. The summed E-state index contributed by atoms with van der Waals surface area (Å²) in [6.07, 6.45) is 7.07. The molecule has 2 fully saturated rings. The zero-order chi connectivity index (χ0) is 21.1. The summed E-state index contributed by atoms with van der Waals surface area (Å²) in [6.45, 7) is 1.29. The van der Waals surface area contributed by atoms with Crippen LogP contribution in [0.15, 0.2) is 41.4 Å². The van der Waals surface area contributed by atoms with Gasteiger partial charge in [0.15, 0.2) is 21.3 Å². The molecule has 1 aliphatic carbocycles. The van der Waals surface area contributed by atoms with Crippen LogP contribution in [0.3, 0.4) is 0 Å². The van der Waals surface area contributed by atoms with Crippen LogP contribution in [0.25, 0.3) is 5.57 Å². The molecule has 158 valence electrons. The van der Waals surface area contributed by atoms with Crippen molar-refractivity contribution in [1.29, 1.82) is 0 Å². The first-order valence-electron chi connectivity index (χ1n) is 9.83. The first kappa shape index (κ1) is 20.9. The number of anilines is 1. The lowest BCUT2D eigenvalue weighted by Crippen LogP contribution is -2.18. The zero-order valence-electron chi connectivity index (χ0n) is 16.2. The molecule has 2 aromatic rings. The molecule has 2 aliphatic rings. The Kier molecular flexibility index (Phi) is 6.12. The third-order valence-electron chi connectivity index (χ3n) is 5.23. The van der Waals surface area contributed by atoms with Crippen molar-refractivity contribution in [2.24, 2.45) is 5.92 Å². The minimum Gasteiger partial charge on any atom is -0.381 e. The molecular formula is C21H22N2O5S2. The number of hydrogen-bond donors (Lipinski definition) is 1. The molecule has 0 spiro atoms. The van der Waals surface area contributed by atoms with Crippen LogP contribution in [-0.2, 0) is 19.4 Å². The molecule has 1 aromatic heterocycles. The summed E-state index contributed by atoms with van der Waals surface area (Å²) in [5.74, 6) is -0.151. The van der Waals surface area contributed by atoms with E-state index in [1.54, 1.807) is 24.3 Å². The Balaban J connectivity index is 1.61. The van der Waals surface area contributed by atoms with E-state index in [2.05, 4.69) is 10.3 Å². The third-order valence-corrected chi connectivity index (χ3v) is 8.35. The number of nitrogens with zero attached hydrogens (tertiary/aromatic N) is 1. The molecule has 4 rings (SSSR count). The second-order valence-corrected chi connectivity index (χ2v) is 10.7. The van der Waals surface area contributed by atoms with Crippen LogP contribution < -0.4 is 5.32 Å². The maximum absolute atomic E-state index is 13.0. The largest absolute Gasteiger partial charge is 0.381 e. The van der Waals surface area contributed by atoms with Gasteiger partial charge in [0.2, 0.25) is 0 Å². The van der Waals surface area contributed by atoms with Crippen molar-refractivity contribution in [3.05, 3.63) is 47.0 Å². The third kappa shape index (κ3) is 4.69. The van der Waals surface area contributed by atoms with Gasteiger partial charge in [0.1, 0.15) is 0 Å². The quantitative estimate of drug-likeness (QED) is 0.517. The maximum Gasteiger partial charge on any atom is 0.257 e. The van der Waals surface area contributed by atoms with Crippen LogP contribution in [0, 0.1) is 5.92 Å². The zero-order valence-corrected chi connectivity index (χ0v) is 17.9. The average Bonchev–Trinajstić information content (AvgIpc) is 3.54. The Bertz CT molecular complexity index is 1060. The lowest BCUT2D eigenvalue weighted by molar-refractivity contribution is -0.111. The van der Waals surface area contributed by atoms with E-state index in [9.17, 15) is 18.0 Å². The summed E-state index contributed by atoms with van der Waals surface area (Å²) in [5, 5.41) is 2.81. The predicted octanol–water partition coefficient (Wildman–Crippen LogP) is 3.34. The molecule has 1 saturated carbocycles. The van der Waals surface area contributed by atoms with Crippen molar-refractivity contribution in [3.8, 4) is 0 Å². The molecule has 0 atom stereocenters. The number of hydrogen-bond acceptors (Lipinski definition) is 7. The van der Waals surface area contributed by atoms with Crippen LogP contribution in [-0.4, -0.2) is 44.1 Å². The molecule has 1 saturated heterocycles. The average molecular weight is 447 g/mol. The smallest absolute Gasteiger partial charge is 0.257 e. The lowest BCUT2D eigenvalue weighted by atomic mass is 9.94. The molecule has 2 heterocycles. The highest BCUT2D eigenvalue weighted by molar-refractivity contribution is 7.92. The van der Waals surface area contributed by atoms with E-state index in [-0.39, 0.29) is 22.0 Å². The van der Waals surface area contributed by atoms with Crippen molar-refractivity contribution < 1.29 is 22.7 Å². The fraction of sp³-hybridized carbons (Fsp3) is 0.381. The Morgan fingerprint density at radius 2 is 1.83 bits per heavy atom. The normalized spacial score (nSPS) is 18.2. The molecule has 0 radical (unpaired) electrons. The molecule has 1 aromatic carbocycles. The number of sulfone groups is 1. The summed E-state index contributed by atoms with van der Waals surface area (Å²) in [6, 6.07) is 6.50. The minimum absolute atomic E-state index is 0.191. The van der Waals surface area contributed by atoms with Crippen LogP contribution >= 0.6 is 11.3 Å². The van der Waals surface area contributed by atoms with Gasteiger partial charge >= 0.3 is 0 Å². The van der Waals surface area contributed by atoms with Gasteiger partial charge in [-0.3, -0.25) is 14.9 Å². The van der Waals surface area contributed by atoms with Gasteiger partial charge < -0.3 is 4.74 Å². The van der Waals surface area contributed by atoms with Crippen molar-refractivity contribution in [3.63, 3.8) is 0 Å². The lowest BCUT2D eigenvalue weighted by Gasteiger charge is -2.20. The van der Waals surface area contributed by atoms with Crippen LogP contribution in [0.2, 0.25) is 0 Å². The molecule has 0 unspecified atom stereocenters. The number of benzene rings is 1. The topological polar surface area (TPSA) is 102 Å². The SMILES string of the molecule is O=Cc1cnc(NC(=O)/C(=C/C2CCOCC2)c2ccc(S(=O)(=O)C3CC3)cc2)s1. The van der Waals surface area contributed by atoms with Crippen LogP contribution in [0.1, 0.15) is 40.9 Å². The number of carbonyl (C=O) groups is 2. The molecule has 7 nitrogen and oxygen atoms in total. The molecule has 1 amide bonds. The Morgan fingerprint density at radius 1 is 1.13 bits per heavy atom. The molecule has 9 heteroatoms. The summed E-state index contributed by atoms with van der Waals surface area (Å²) in [5.41, 5.74) is 1.10. The summed E-state index contributed by atoms with van der Waals surface area (Å²) in [4.78, 5) is 28.7. The fourth-order valence-electron chi connectivity index (χ4n) is 3.38. The summed E-state index contributed by atoms with van der Waals surface area (Å²) in [7, 11) is -3.28. The van der Waals surface area contributed by atoms with Crippen LogP contribution in [0.5, 0.6) is 0 Å². The number of nitrogens with one attached hydrogen (secondary N) is 1. The standard InChI is InChI=1S/C21H22N2O5S2/c24-13-16-12-22-21(29-16)23-20(25)19(11-14-7-9-28-10-8-14)15-1-3-17(4-2-15)30(26,27)18-5-6-18/h1-4,11-14,18H,5-10H2,(H,22,23,25)/b19-11+. The van der Waals surface area contributed by atoms with Crippen LogP contribution in [0.4, 0.5) is 5.13 Å². The van der Waals surface area contributed by atoms with E-state index in [0.717, 1.165) is 24.2 Å². The number of allylic oxidation sites excluding steroid dienone is 1. The Labute approximate surface area is 179 Å². The van der Waals surface area contributed by atoms with Gasteiger partial charge in [-0.05, 0) is 49.3 Å². The summed E-state index contributed by atoms with van der Waals surface area (Å²) >= 11 is 1.10. The van der Waals surface area contributed by atoms with Crippen molar-refractivity contribution in [2.45, 2.75) is 35.8 Å². The predicted molar refractivity (Wildman–Crippen MR) is 114 cm³/mol. The fourth-order valence-corrected chi connectivity index (χ4v) is 5.66. The van der Waals surface area contributed by atoms with E-state index in [1.165, 1.54) is 6.20 Å². The highest BCUT2D eigenvalue weighted by atomic mass is 32.2. The van der Waals surface area contributed by atoms with E-state index in [1.807, 2.05) is 6.08 Å². The first-order chi connectivity index (χ1) is 14.5. The molecule has 0 bridgehead atoms. The van der Waals surface area contributed by atoms with Gasteiger partial charge in [0.05, 0.1) is 21.2 Å². The van der Waals surface area contributed by atoms with E-state index >= 15 is 0 Å². The first-order valence-corrected chi connectivity index (χ1v) is 12.2. The highest BCUT2D eigenvalue weighted by Crippen LogP contribution is 2.34. The molecule has 30 heavy (non-hydrogen) atoms. The van der Waals surface area contributed by atoms with Crippen molar-refractivity contribution in [2.75, 3.05) is 18.5 Å². The number of amides is 1. The van der Waals surface area contributed by atoms with Crippen molar-refractivity contribution in [1.82, 2.24) is 4.98 Å². The van der Waals surface area contributed by atoms with E-state index in [4.69, 9.17) is 4.74 Å². The monoisotopic (exact) mass is 446 g/mol. The number of aromatic nitrogens is 1. The van der Waals surface area contributed by atoms with Gasteiger partial charge in [0.25, 0.3) is 5.91 Å². The number of carbonyl (C=O) groups excluding carboxylic acids is 2. The second kappa shape index (κ2) is 8.79. The van der Waals surface area contributed by atoms with E-state index in [0.29, 0.717) is 53.5 Å². The Hall–Kier alpha value is -2.36. The highest BCUT2D eigenvalue weighted by Gasteiger charge is 2.36. The van der Waals surface area contributed by atoms with Crippen molar-refractivity contribution >= 4 is 44.1 Å². The van der Waals surface area contributed by atoms with Gasteiger partial charge in [-0.15, -0.1) is 0 Å². The number of aldehydes is 1. The van der Waals surface area contributed by atoms with E-state index < -0.39 is 9.84 Å². The molecular weight excluding hydrogens is 424 g/mol. The van der Waals surface area contributed by atoms with Gasteiger partial charge in [-0.1, -0.05) is 29.5 Å². The van der Waals surface area contributed by atoms with Gasteiger partial charge in [0, 0.05) is 18.8 Å². The number of ether oxygens (including phenoxy) is 1. The second-order valence-electron chi connectivity index (χ2n) is 7.44. The maximum atomic E-state index is 13.0. The minimum atomic E-state index is -3.28. The number of rotatable bonds is 7. The van der Waals surface area contributed by atoms with Gasteiger partial charge in [-0.2, -0.15) is 0 Å². The summed E-state index contributed by atoms with van der Waals surface area (Å²) < 4.78 is 30.3. The molecule has 1 N–H and O–H groups in total.